The largest absolute Gasteiger partial charge is 0.496 e. The van der Waals surface area contributed by atoms with Crippen molar-refractivity contribution in [1.82, 2.24) is 5.32 Å². The number of hydrogen-bond donors (Lipinski definition) is 1. The molecule has 2 rings (SSSR count). The SMILES string of the molecule is COc1ccc(Cl)cc1C(=O)O[C@@H](C)C(=O)NC1CCCC1. The molecule has 6 heteroatoms. The molecule has 0 spiro atoms. The molecule has 0 aromatic heterocycles. The maximum Gasteiger partial charge on any atom is 0.342 e. The number of carbonyl (C=O) groups is 2. The lowest BCUT2D eigenvalue weighted by Crippen LogP contribution is -2.40. The van der Waals surface area contributed by atoms with Gasteiger partial charge in [0.05, 0.1) is 7.11 Å². The highest BCUT2D eigenvalue weighted by molar-refractivity contribution is 6.31. The van der Waals surface area contributed by atoms with Gasteiger partial charge in [-0.1, -0.05) is 24.4 Å². The highest BCUT2D eigenvalue weighted by atomic mass is 35.5. The molecule has 1 aliphatic carbocycles. The van der Waals surface area contributed by atoms with Gasteiger partial charge in [-0.15, -0.1) is 0 Å². The van der Waals surface area contributed by atoms with Crippen molar-refractivity contribution in [2.45, 2.75) is 44.8 Å². The molecule has 1 aromatic carbocycles. The number of nitrogens with one attached hydrogen (secondary N) is 1. The third kappa shape index (κ3) is 4.13. The second-order valence-electron chi connectivity index (χ2n) is 5.38. The van der Waals surface area contributed by atoms with Gasteiger partial charge in [0.15, 0.2) is 6.10 Å². The molecule has 1 N–H and O–H groups in total. The monoisotopic (exact) mass is 325 g/mol. The van der Waals surface area contributed by atoms with Crippen molar-refractivity contribution in [3.63, 3.8) is 0 Å². The van der Waals surface area contributed by atoms with Crippen LogP contribution >= 0.6 is 11.6 Å². The zero-order valence-electron chi connectivity index (χ0n) is 12.7. The fraction of sp³-hybridized carbons (Fsp3) is 0.500. The Bertz CT molecular complexity index is 555. The van der Waals surface area contributed by atoms with Crippen LogP contribution in [0.1, 0.15) is 43.0 Å². The molecule has 1 aliphatic rings. The second kappa shape index (κ2) is 7.49. The Morgan fingerprint density at radius 3 is 2.64 bits per heavy atom. The van der Waals surface area contributed by atoms with Crippen molar-refractivity contribution in [3.8, 4) is 5.75 Å². The highest BCUT2D eigenvalue weighted by Crippen LogP contribution is 2.24. The van der Waals surface area contributed by atoms with E-state index in [1.54, 1.807) is 19.1 Å². The van der Waals surface area contributed by atoms with Crippen LogP contribution in [0.4, 0.5) is 0 Å². The Kier molecular flexibility index (Phi) is 5.66. The van der Waals surface area contributed by atoms with Gasteiger partial charge in [0.2, 0.25) is 0 Å². The topological polar surface area (TPSA) is 64.6 Å². The summed E-state index contributed by atoms with van der Waals surface area (Å²) in [5, 5.41) is 3.30. The highest BCUT2D eigenvalue weighted by Gasteiger charge is 2.24. The van der Waals surface area contributed by atoms with Crippen LogP contribution in [-0.4, -0.2) is 31.1 Å². The fourth-order valence-corrected chi connectivity index (χ4v) is 2.68. The van der Waals surface area contributed by atoms with E-state index in [4.69, 9.17) is 21.1 Å². The van der Waals surface area contributed by atoms with Crippen LogP contribution in [0.15, 0.2) is 18.2 Å². The summed E-state index contributed by atoms with van der Waals surface area (Å²) >= 11 is 5.89. The lowest BCUT2D eigenvalue weighted by atomic mass is 10.2. The van der Waals surface area contributed by atoms with Crippen LogP contribution < -0.4 is 10.1 Å². The van der Waals surface area contributed by atoms with Crippen molar-refractivity contribution in [2.75, 3.05) is 7.11 Å². The van der Waals surface area contributed by atoms with E-state index in [0.29, 0.717) is 10.8 Å². The number of halogens is 1. The minimum absolute atomic E-state index is 0.189. The molecule has 0 aliphatic heterocycles. The molecule has 1 amide bonds. The second-order valence-corrected chi connectivity index (χ2v) is 5.82. The van der Waals surface area contributed by atoms with Gasteiger partial charge >= 0.3 is 5.97 Å². The van der Waals surface area contributed by atoms with Gasteiger partial charge in [0, 0.05) is 11.1 Å². The number of methoxy groups -OCH3 is 1. The summed E-state index contributed by atoms with van der Waals surface area (Å²) < 4.78 is 10.3. The average molecular weight is 326 g/mol. The Labute approximate surface area is 134 Å². The lowest BCUT2D eigenvalue weighted by Gasteiger charge is -2.17. The van der Waals surface area contributed by atoms with Gasteiger partial charge in [-0.3, -0.25) is 4.79 Å². The van der Waals surface area contributed by atoms with E-state index in [1.807, 2.05) is 0 Å². The molecule has 1 atom stereocenters. The predicted octanol–water partition coefficient (Wildman–Crippen LogP) is 2.95. The van der Waals surface area contributed by atoms with E-state index in [1.165, 1.54) is 13.2 Å². The molecule has 1 aromatic rings. The van der Waals surface area contributed by atoms with Crippen molar-refractivity contribution in [3.05, 3.63) is 28.8 Å². The number of carbonyl (C=O) groups excluding carboxylic acids is 2. The number of esters is 1. The van der Waals surface area contributed by atoms with Crippen LogP contribution in [0, 0.1) is 0 Å². The van der Waals surface area contributed by atoms with Gasteiger partial charge in [0.1, 0.15) is 11.3 Å². The summed E-state index contributed by atoms with van der Waals surface area (Å²) in [6, 6.07) is 4.86. The number of amides is 1. The summed E-state index contributed by atoms with van der Waals surface area (Å²) in [5.41, 5.74) is 0.204. The first-order chi connectivity index (χ1) is 10.5. The van der Waals surface area contributed by atoms with E-state index < -0.39 is 12.1 Å². The van der Waals surface area contributed by atoms with Crippen molar-refractivity contribution in [1.29, 1.82) is 0 Å². The first kappa shape index (κ1) is 16.6. The molecule has 120 valence electrons. The van der Waals surface area contributed by atoms with E-state index in [9.17, 15) is 9.59 Å². The van der Waals surface area contributed by atoms with E-state index in [-0.39, 0.29) is 17.5 Å². The third-order valence-corrected chi connectivity index (χ3v) is 3.97. The normalized spacial score (nSPS) is 16.1. The summed E-state index contributed by atoms with van der Waals surface area (Å²) in [7, 11) is 1.45. The van der Waals surface area contributed by atoms with Crippen LogP contribution in [-0.2, 0) is 9.53 Å². The minimum Gasteiger partial charge on any atom is -0.496 e. The fourth-order valence-electron chi connectivity index (χ4n) is 2.51. The maximum absolute atomic E-state index is 12.2. The summed E-state index contributed by atoms with van der Waals surface area (Å²) in [6.45, 7) is 1.55. The first-order valence-electron chi connectivity index (χ1n) is 7.36. The molecule has 1 fully saturated rings. The van der Waals surface area contributed by atoms with Gasteiger partial charge in [-0.05, 0) is 38.0 Å². The lowest BCUT2D eigenvalue weighted by molar-refractivity contribution is -0.129. The van der Waals surface area contributed by atoms with Crippen LogP contribution in [0.25, 0.3) is 0 Å². The molecule has 22 heavy (non-hydrogen) atoms. The standard InChI is InChI=1S/C16H20ClNO4/c1-10(15(19)18-12-5-3-4-6-12)22-16(20)13-9-11(17)7-8-14(13)21-2/h7-10,12H,3-6H2,1-2H3,(H,18,19)/t10-/m0/s1. The van der Waals surface area contributed by atoms with Crippen molar-refractivity contribution in [2.24, 2.45) is 0 Å². The van der Waals surface area contributed by atoms with Crippen molar-refractivity contribution < 1.29 is 19.1 Å². The van der Waals surface area contributed by atoms with Crippen molar-refractivity contribution >= 4 is 23.5 Å². The smallest absolute Gasteiger partial charge is 0.342 e. The summed E-state index contributed by atoms with van der Waals surface area (Å²) in [6.07, 6.45) is 3.34. The van der Waals surface area contributed by atoms with Crippen LogP contribution in [0.3, 0.4) is 0 Å². The molecule has 0 saturated heterocycles. The van der Waals surface area contributed by atoms with E-state index in [2.05, 4.69) is 5.32 Å². The zero-order valence-corrected chi connectivity index (χ0v) is 13.5. The van der Waals surface area contributed by atoms with Crippen LogP contribution in [0.2, 0.25) is 5.02 Å². The number of ether oxygens (including phenoxy) is 2. The average Bonchev–Trinajstić information content (AvgIpc) is 2.99. The van der Waals surface area contributed by atoms with Gasteiger partial charge in [-0.2, -0.15) is 0 Å². The zero-order chi connectivity index (χ0) is 16.1. The molecular weight excluding hydrogens is 306 g/mol. The Hall–Kier alpha value is -1.75. The van der Waals surface area contributed by atoms with Crippen LogP contribution in [0.5, 0.6) is 5.75 Å². The third-order valence-electron chi connectivity index (χ3n) is 3.74. The number of hydrogen-bond acceptors (Lipinski definition) is 4. The van der Waals surface area contributed by atoms with Gasteiger partial charge in [-0.25, -0.2) is 4.79 Å². The molecule has 1 saturated carbocycles. The molecule has 0 unspecified atom stereocenters. The quantitative estimate of drug-likeness (QED) is 0.845. The molecule has 0 heterocycles. The maximum atomic E-state index is 12.2. The van der Waals surface area contributed by atoms with E-state index in [0.717, 1.165) is 25.7 Å². The molecular formula is C16H20ClNO4. The Morgan fingerprint density at radius 2 is 2.00 bits per heavy atom. The minimum atomic E-state index is -0.864. The number of benzene rings is 1. The number of rotatable bonds is 5. The van der Waals surface area contributed by atoms with Gasteiger partial charge < -0.3 is 14.8 Å². The van der Waals surface area contributed by atoms with Gasteiger partial charge in [0.25, 0.3) is 5.91 Å². The molecule has 0 radical (unpaired) electrons. The summed E-state index contributed by atoms with van der Waals surface area (Å²) in [5.74, 6) is -0.549. The Balaban J connectivity index is 1.98. The predicted molar refractivity (Wildman–Crippen MR) is 83.3 cm³/mol. The molecule has 5 nitrogen and oxygen atoms in total. The summed E-state index contributed by atoms with van der Waals surface area (Å²) in [4.78, 5) is 24.2. The Morgan fingerprint density at radius 1 is 1.32 bits per heavy atom. The van der Waals surface area contributed by atoms with E-state index >= 15 is 0 Å². The first-order valence-corrected chi connectivity index (χ1v) is 7.74. The molecule has 0 bridgehead atoms.